The third-order valence-electron chi connectivity index (χ3n) is 3.44. The summed E-state index contributed by atoms with van der Waals surface area (Å²) in [7, 11) is 0. The number of aryl methyl sites for hydroxylation is 1. The van der Waals surface area contributed by atoms with Crippen LogP contribution in [0.25, 0.3) is 0 Å². The number of likely N-dealkylation sites (tertiary alicyclic amines) is 1. The fourth-order valence-corrected chi connectivity index (χ4v) is 2.39. The van der Waals surface area contributed by atoms with Gasteiger partial charge in [0.05, 0.1) is 6.20 Å². The maximum atomic E-state index is 12.3. The highest BCUT2D eigenvalue weighted by atomic mass is 16.2. The smallest absolute Gasteiger partial charge is 0.274 e. The summed E-state index contributed by atoms with van der Waals surface area (Å²) in [5.41, 5.74) is 1.34. The summed E-state index contributed by atoms with van der Waals surface area (Å²) in [6, 6.07) is 1.88. The topological polar surface area (TPSA) is 71.9 Å². The van der Waals surface area contributed by atoms with Gasteiger partial charge in [-0.05, 0) is 19.4 Å². The Bertz CT molecular complexity index is 616. The Morgan fingerprint density at radius 1 is 1.30 bits per heavy atom. The van der Waals surface area contributed by atoms with Gasteiger partial charge in [0.2, 0.25) is 0 Å². The minimum absolute atomic E-state index is 0.0757. The van der Waals surface area contributed by atoms with Crippen LogP contribution < -0.4 is 0 Å². The molecule has 0 N–H and O–H groups in total. The molecular formula is C14H15N5O. The molecule has 0 saturated carbocycles. The molecule has 2 aromatic heterocycles. The van der Waals surface area contributed by atoms with Gasteiger partial charge in [-0.15, -0.1) is 0 Å². The first-order chi connectivity index (χ1) is 9.74. The van der Waals surface area contributed by atoms with Gasteiger partial charge in [0.1, 0.15) is 11.5 Å². The first-order valence-corrected chi connectivity index (χ1v) is 6.59. The predicted molar refractivity (Wildman–Crippen MR) is 72.1 cm³/mol. The van der Waals surface area contributed by atoms with Crippen molar-refractivity contribution in [3.05, 3.63) is 48.1 Å². The van der Waals surface area contributed by atoms with E-state index in [1.165, 1.54) is 12.4 Å². The zero-order valence-electron chi connectivity index (χ0n) is 11.2. The van der Waals surface area contributed by atoms with Crippen LogP contribution in [-0.4, -0.2) is 43.8 Å². The summed E-state index contributed by atoms with van der Waals surface area (Å²) in [5.74, 6) is 0.947. The van der Waals surface area contributed by atoms with Crippen LogP contribution in [0.3, 0.4) is 0 Å². The van der Waals surface area contributed by atoms with Crippen molar-refractivity contribution in [2.45, 2.75) is 19.3 Å². The van der Waals surface area contributed by atoms with Crippen LogP contribution in [0.15, 0.2) is 30.9 Å². The van der Waals surface area contributed by atoms with Crippen LogP contribution >= 0.6 is 0 Å². The number of amides is 1. The second-order valence-electron chi connectivity index (χ2n) is 4.88. The number of hydrogen-bond acceptors (Lipinski definition) is 5. The summed E-state index contributed by atoms with van der Waals surface area (Å²) < 4.78 is 0. The fraction of sp³-hybridized carbons (Fsp3) is 0.357. The highest BCUT2D eigenvalue weighted by molar-refractivity contribution is 5.92. The number of hydrogen-bond donors (Lipinski definition) is 0. The molecule has 0 bridgehead atoms. The molecule has 20 heavy (non-hydrogen) atoms. The van der Waals surface area contributed by atoms with E-state index in [4.69, 9.17) is 0 Å². The Morgan fingerprint density at radius 3 is 2.95 bits per heavy atom. The van der Waals surface area contributed by atoms with Crippen LogP contribution in [-0.2, 0) is 0 Å². The van der Waals surface area contributed by atoms with E-state index in [0.29, 0.717) is 18.8 Å². The summed E-state index contributed by atoms with van der Waals surface area (Å²) in [6.45, 7) is 3.29. The predicted octanol–water partition coefficient (Wildman–Crippen LogP) is 1.20. The normalized spacial score (nSPS) is 18.2. The van der Waals surface area contributed by atoms with Crippen molar-refractivity contribution in [2.24, 2.45) is 0 Å². The number of nitrogens with zero attached hydrogens (tertiary/aromatic N) is 5. The van der Waals surface area contributed by atoms with E-state index in [2.05, 4.69) is 19.9 Å². The largest absolute Gasteiger partial charge is 0.337 e. The highest BCUT2D eigenvalue weighted by Gasteiger charge is 2.30. The van der Waals surface area contributed by atoms with Crippen LogP contribution in [0.4, 0.5) is 0 Å². The number of rotatable bonds is 2. The Balaban J connectivity index is 1.72. The molecule has 0 unspecified atom stereocenters. The van der Waals surface area contributed by atoms with Gasteiger partial charge in [-0.3, -0.25) is 9.78 Å². The van der Waals surface area contributed by atoms with E-state index in [1.807, 2.05) is 13.0 Å². The van der Waals surface area contributed by atoms with Crippen molar-refractivity contribution >= 4 is 5.91 Å². The van der Waals surface area contributed by atoms with Crippen LogP contribution in [0.2, 0.25) is 0 Å². The summed E-state index contributed by atoms with van der Waals surface area (Å²) >= 11 is 0. The van der Waals surface area contributed by atoms with Gasteiger partial charge in [0, 0.05) is 43.3 Å². The van der Waals surface area contributed by atoms with Crippen molar-refractivity contribution in [1.82, 2.24) is 24.8 Å². The Hall–Kier alpha value is -2.37. The molecule has 6 heteroatoms. The number of carbonyl (C=O) groups excluding carboxylic acids is 1. The highest BCUT2D eigenvalue weighted by Crippen LogP contribution is 2.25. The summed E-state index contributed by atoms with van der Waals surface area (Å²) in [4.78, 5) is 30.8. The molecule has 0 radical (unpaired) electrons. The Kier molecular flexibility index (Phi) is 3.37. The van der Waals surface area contributed by atoms with E-state index in [1.54, 1.807) is 17.3 Å². The van der Waals surface area contributed by atoms with Crippen molar-refractivity contribution in [3.8, 4) is 0 Å². The van der Waals surface area contributed by atoms with Gasteiger partial charge in [-0.1, -0.05) is 0 Å². The molecule has 102 valence electrons. The maximum absolute atomic E-state index is 12.3. The Labute approximate surface area is 116 Å². The third-order valence-corrected chi connectivity index (χ3v) is 3.44. The second kappa shape index (κ2) is 5.32. The summed E-state index contributed by atoms with van der Waals surface area (Å²) in [6.07, 6.45) is 7.24. The SMILES string of the molecule is Cc1ccnc([C@H]2CCN(C(=O)c3cnccn3)C2)n1. The van der Waals surface area contributed by atoms with Gasteiger partial charge in [-0.25, -0.2) is 15.0 Å². The molecule has 1 aliphatic rings. The van der Waals surface area contributed by atoms with Crippen molar-refractivity contribution < 1.29 is 4.79 Å². The zero-order chi connectivity index (χ0) is 13.9. The van der Waals surface area contributed by atoms with Crippen molar-refractivity contribution in [2.75, 3.05) is 13.1 Å². The zero-order valence-corrected chi connectivity index (χ0v) is 11.2. The fourth-order valence-electron chi connectivity index (χ4n) is 2.39. The monoisotopic (exact) mass is 269 g/mol. The number of carbonyl (C=O) groups is 1. The Morgan fingerprint density at radius 2 is 2.20 bits per heavy atom. The molecule has 0 aliphatic carbocycles. The lowest BCUT2D eigenvalue weighted by atomic mass is 10.1. The average molecular weight is 269 g/mol. The van der Waals surface area contributed by atoms with Gasteiger partial charge in [0.15, 0.2) is 0 Å². The summed E-state index contributed by atoms with van der Waals surface area (Å²) in [5, 5.41) is 0. The average Bonchev–Trinajstić information content (AvgIpc) is 2.97. The standard InChI is InChI=1S/C14H15N5O/c1-10-2-4-17-13(18-10)11-3-7-19(9-11)14(20)12-8-15-5-6-16-12/h2,4-6,8,11H,3,7,9H2,1H3/t11-/m0/s1. The quantitative estimate of drug-likeness (QED) is 0.819. The molecule has 0 spiro atoms. The van der Waals surface area contributed by atoms with E-state index in [9.17, 15) is 4.79 Å². The molecule has 1 atom stereocenters. The molecular weight excluding hydrogens is 254 g/mol. The number of aromatic nitrogens is 4. The first-order valence-electron chi connectivity index (χ1n) is 6.59. The lowest BCUT2D eigenvalue weighted by Gasteiger charge is -2.15. The molecule has 1 amide bonds. The lowest BCUT2D eigenvalue weighted by molar-refractivity contribution is 0.0784. The molecule has 1 aliphatic heterocycles. The minimum atomic E-state index is -0.0757. The molecule has 0 aromatic carbocycles. The van der Waals surface area contributed by atoms with Crippen LogP contribution in [0.1, 0.15) is 34.3 Å². The third kappa shape index (κ3) is 2.49. The second-order valence-corrected chi connectivity index (χ2v) is 4.88. The first kappa shape index (κ1) is 12.7. The van der Waals surface area contributed by atoms with Gasteiger partial charge >= 0.3 is 0 Å². The lowest BCUT2D eigenvalue weighted by Crippen LogP contribution is -2.29. The minimum Gasteiger partial charge on any atom is -0.337 e. The molecule has 3 heterocycles. The van der Waals surface area contributed by atoms with E-state index in [-0.39, 0.29) is 11.8 Å². The molecule has 3 rings (SSSR count). The van der Waals surface area contributed by atoms with Gasteiger partial charge in [-0.2, -0.15) is 0 Å². The molecule has 1 saturated heterocycles. The van der Waals surface area contributed by atoms with Crippen LogP contribution in [0.5, 0.6) is 0 Å². The van der Waals surface area contributed by atoms with Crippen molar-refractivity contribution in [1.29, 1.82) is 0 Å². The van der Waals surface area contributed by atoms with Gasteiger partial charge < -0.3 is 4.90 Å². The van der Waals surface area contributed by atoms with Crippen molar-refractivity contribution in [3.63, 3.8) is 0 Å². The molecule has 2 aromatic rings. The van der Waals surface area contributed by atoms with Gasteiger partial charge in [0.25, 0.3) is 5.91 Å². The van der Waals surface area contributed by atoms with E-state index < -0.39 is 0 Å². The van der Waals surface area contributed by atoms with E-state index in [0.717, 1.165) is 17.9 Å². The van der Waals surface area contributed by atoms with Crippen LogP contribution in [0, 0.1) is 6.92 Å². The molecule has 1 fully saturated rings. The molecule has 6 nitrogen and oxygen atoms in total. The maximum Gasteiger partial charge on any atom is 0.274 e. The van der Waals surface area contributed by atoms with E-state index >= 15 is 0 Å².